The Morgan fingerprint density at radius 3 is 2.40 bits per heavy atom. The minimum Gasteiger partial charge on any atom is -0.465 e. The van der Waals surface area contributed by atoms with E-state index >= 15 is 0 Å². The second kappa shape index (κ2) is 7.60. The van der Waals surface area contributed by atoms with Gasteiger partial charge in [-0.05, 0) is 38.5 Å². The molecule has 2 amide bonds. The molecule has 0 radical (unpaired) electrons. The number of amides is 2. The normalized spacial score (nSPS) is 15.0. The van der Waals surface area contributed by atoms with Gasteiger partial charge in [0.2, 0.25) is 0 Å². The van der Waals surface area contributed by atoms with Gasteiger partial charge in [0.15, 0.2) is 0 Å². The summed E-state index contributed by atoms with van der Waals surface area (Å²) in [6, 6.07) is 5.65. The molecule has 0 atom stereocenters. The van der Waals surface area contributed by atoms with Gasteiger partial charge in [0.25, 0.3) is 0 Å². The lowest BCUT2D eigenvalue weighted by Gasteiger charge is -2.35. The van der Waals surface area contributed by atoms with Crippen LogP contribution in [-0.4, -0.2) is 54.0 Å². The number of nitrogens with two attached hydrogens (primary N) is 1. The molecule has 0 saturated carbocycles. The van der Waals surface area contributed by atoms with Crippen LogP contribution in [0.1, 0.15) is 26.3 Å². The zero-order chi connectivity index (χ0) is 18.6. The number of rotatable bonds is 3. The van der Waals surface area contributed by atoms with Crippen molar-refractivity contribution in [2.75, 3.05) is 36.4 Å². The van der Waals surface area contributed by atoms with Gasteiger partial charge < -0.3 is 25.4 Å². The molecule has 0 aromatic heterocycles. The topological polar surface area (TPSA) is 108 Å². The van der Waals surface area contributed by atoms with Crippen LogP contribution in [0.2, 0.25) is 0 Å². The lowest BCUT2D eigenvalue weighted by Crippen LogP contribution is -2.48. The number of carbonyl (C=O) groups is 2. The van der Waals surface area contributed by atoms with Gasteiger partial charge in [-0.2, -0.15) is 0 Å². The minimum atomic E-state index is -0.898. The molecule has 2 rings (SSSR count). The molecule has 138 valence electrons. The lowest BCUT2D eigenvalue weighted by molar-refractivity contribution is 0.0635. The fourth-order valence-corrected chi connectivity index (χ4v) is 2.63. The Hall–Kier alpha value is -2.48. The summed E-state index contributed by atoms with van der Waals surface area (Å²) in [4.78, 5) is 26.5. The fraction of sp³-hybridized carbons (Fsp3) is 0.529. The molecule has 1 saturated heterocycles. The second-order valence-electron chi connectivity index (χ2n) is 6.93. The molecule has 4 N–H and O–H groups in total. The molecule has 25 heavy (non-hydrogen) atoms. The number of nitrogens with zero attached hydrogens (tertiary/aromatic N) is 2. The van der Waals surface area contributed by atoms with Crippen LogP contribution in [0.25, 0.3) is 0 Å². The quantitative estimate of drug-likeness (QED) is 0.772. The first-order chi connectivity index (χ1) is 11.7. The number of ether oxygens (including phenoxy) is 1. The third kappa shape index (κ3) is 5.25. The van der Waals surface area contributed by atoms with Crippen molar-refractivity contribution in [3.8, 4) is 0 Å². The summed E-state index contributed by atoms with van der Waals surface area (Å²) < 4.78 is 5.29. The van der Waals surface area contributed by atoms with Crippen LogP contribution in [0, 0.1) is 0 Å². The number of hydrogen-bond acceptors (Lipinski definition) is 5. The van der Waals surface area contributed by atoms with Crippen molar-refractivity contribution in [2.24, 2.45) is 5.73 Å². The van der Waals surface area contributed by atoms with Crippen molar-refractivity contribution in [3.05, 3.63) is 23.8 Å². The molecule has 0 spiro atoms. The van der Waals surface area contributed by atoms with Crippen molar-refractivity contribution in [1.29, 1.82) is 0 Å². The maximum atomic E-state index is 12.0. The first kappa shape index (κ1) is 18.9. The predicted molar refractivity (Wildman–Crippen MR) is 96.0 cm³/mol. The maximum absolute atomic E-state index is 12.0. The minimum absolute atomic E-state index is 0.290. The molecule has 1 aliphatic rings. The molecule has 8 heteroatoms. The summed E-state index contributed by atoms with van der Waals surface area (Å²) >= 11 is 0. The number of carboxylic acid groups (broad SMARTS) is 1. The van der Waals surface area contributed by atoms with Gasteiger partial charge in [0.1, 0.15) is 5.60 Å². The van der Waals surface area contributed by atoms with Gasteiger partial charge in [0.05, 0.1) is 5.69 Å². The van der Waals surface area contributed by atoms with Crippen LogP contribution < -0.4 is 16.0 Å². The van der Waals surface area contributed by atoms with Crippen LogP contribution >= 0.6 is 0 Å². The Morgan fingerprint density at radius 2 is 1.88 bits per heavy atom. The largest absolute Gasteiger partial charge is 0.465 e. The van der Waals surface area contributed by atoms with Gasteiger partial charge in [-0.25, -0.2) is 9.59 Å². The summed E-state index contributed by atoms with van der Waals surface area (Å²) in [5, 5.41) is 11.8. The van der Waals surface area contributed by atoms with E-state index in [0.717, 1.165) is 11.3 Å². The highest BCUT2D eigenvalue weighted by Crippen LogP contribution is 2.25. The van der Waals surface area contributed by atoms with E-state index in [9.17, 15) is 9.59 Å². The number of hydrogen-bond donors (Lipinski definition) is 3. The molecule has 1 fully saturated rings. The van der Waals surface area contributed by atoms with E-state index in [1.165, 1.54) is 4.90 Å². The molecule has 1 aromatic rings. The van der Waals surface area contributed by atoms with E-state index in [0.29, 0.717) is 31.9 Å². The SMILES string of the molecule is CC(C)(C)OC(=O)Nc1cc(N2CCN(C(=O)O)CC2)ccc1CN. The van der Waals surface area contributed by atoms with Gasteiger partial charge in [-0.15, -0.1) is 0 Å². The van der Waals surface area contributed by atoms with E-state index in [2.05, 4.69) is 10.2 Å². The summed E-state index contributed by atoms with van der Waals surface area (Å²) in [6.07, 6.45) is -1.43. The lowest BCUT2D eigenvalue weighted by atomic mass is 10.1. The zero-order valence-electron chi connectivity index (χ0n) is 14.9. The molecule has 0 bridgehead atoms. The third-order valence-corrected chi connectivity index (χ3v) is 3.86. The molecule has 1 aromatic carbocycles. The summed E-state index contributed by atoms with van der Waals surface area (Å²) in [6.45, 7) is 7.78. The molecule has 0 unspecified atom stereocenters. The average Bonchev–Trinajstić information content (AvgIpc) is 2.53. The number of nitrogens with one attached hydrogen (secondary N) is 1. The van der Waals surface area contributed by atoms with E-state index in [1.807, 2.05) is 18.2 Å². The monoisotopic (exact) mass is 350 g/mol. The van der Waals surface area contributed by atoms with Crippen molar-refractivity contribution in [1.82, 2.24) is 4.90 Å². The Kier molecular flexibility index (Phi) is 5.73. The standard InChI is InChI=1S/C17H26N4O4/c1-17(2,3)25-15(22)19-14-10-13(5-4-12(14)11-18)20-6-8-21(9-7-20)16(23)24/h4-5,10H,6-9,11,18H2,1-3H3,(H,19,22)(H,23,24). The first-order valence-corrected chi connectivity index (χ1v) is 8.25. The highest BCUT2D eigenvalue weighted by atomic mass is 16.6. The smallest absolute Gasteiger partial charge is 0.412 e. The van der Waals surface area contributed by atoms with Crippen LogP contribution in [-0.2, 0) is 11.3 Å². The van der Waals surface area contributed by atoms with Gasteiger partial charge in [-0.1, -0.05) is 6.07 Å². The van der Waals surface area contributed by atoms with Gasteiger partial charge in [-0.3, -0.25) is 5.32 Å². The predicted octanol–water partition coefficient (Wildman–Crippen LogP) is 2.29. The molecular weight excluding hydrogens is 324 g/mol. The van der Waals surface area contributed by atoms with Crippen LogP contribution in [0.3, 0.4) is 0 Å². The van der Waals surface area contributed by atoms with Gasteiger partial charge >= 0.3 is 12.2 Å². The zero-order valence-corrected chi connectivity index (χ0v) is 14.9. The maximum Gasteiger partial charge on any atom is 0.412 e. The van der Waals surface area contributed by atoms with Gasteiger partial charge in [0, 0.05) is 38.4 Å². The molecule has 1 heterocycles. The molecule has 8 nitrogen and oxygen atoms in total. The highest BCUT2D eigenvalue weighted by Gasteiger charge is 2.22. The number of carbonyl (C=O) groups excluding carboxylic acids is 1. The summed E-state index contributed by atoms with van der Waals surface area (Å²) in [5.74, 6) is 0. The third-order valence-electron chi connectivity index (χ3n) is 3.86. The van der Waals surface area contributed by atoms with E-state index in [1.54, 1.807) is 20.8 Å². The van der Waals surface area contributed by atoms with Crippen LogP contribution in [0.4, 0.5) is 21.0 Å². The summed E-state index contributed by atoms with van der Waals surface area (Å²) in [7, 11) is 0. The highest BCUT2D eigenvalue weighted by molar-refractivity contribution is 5.87. The Balaban J connectivity index is 2.11. The average molecular weight is 350 g/mol. The van der Waals surface area contributed by atoms with Crippen LogP contribution in [0.15, 0.2) is 18.2 Å². The first-order valence-electron chi connectivity index (χ1n) is 8.25. The number of anilines is 2. The van der Waals surface area contributed by atoms with E-state index < -0.39 is 17.8 Å². The second-order valence-corrected chi connectivity index (χ2v) is 6.93. The van der Waals surface area contributed by atoms with Crippen molar-refractivity contribution >= 4 is 23.6 Å². The number of piperazine rings is 1. The van der Waals surface area contributed by atoms with Crippen molar-refractivity contribution in [2.45, 2.75) is 32.9 Å². The van der Waals surface area contributed by atoms with E-state index in [4.69, 9.17) is 15.6 Å². The Morgan fingerprint density at radius 1 is 1.24 bits per heavy atom. The van der Waals surface area contributed by atoms with E-state index in [-0.39, 0.29) is 6.54 Å². The molecular formula is C17H26N4O4. The Bertz CT molecular complexity index is 634. The van der Waals surface area contributed by atoms with Crippen molar-refractivity contribution < 1.29 is 19.4 Å². The van der Waals surface area contributed by atoms with Crippen molar-refractivity contribution in [3.63, 3.8) is 0 Å². The fourth-order valence-electron chi connectivity index (χ4n) is 2.63. The number of benzene rings is 1. The molecule has 1 aliphatic heterocycles. The Labute approximate surface area is 147 Å². The summed E-state index contributed by atoms with van der Waals surface area (Å²) in [5.41, 5.74) is 7.49. The molecule has 0 aliphatic carbocycles. The van der Waals surface area contributed by atoms with Crippen LogP contribution in [0.5, 0.6) is 0 Å².